The van der Waals surface area contributed by atoms with Crippen molar-refractivity contribution in [2.24, 2.45) is 0 Å². The summed E-state index contributed by atoms with van der Waals surface area (Å²) in [6, 6.07) is 13.6. The number of rotatable bonds is 1. The van der Waals surface area contributed by atoms with Crippen LogP contribution in [0.4, 0.5) is 0 Å². The van der Waals surface area contributed by atoms with E-state index in [-0.39, 0.29) is 5.43 Å². The smallest absolute Gasteiger partial charge is 0.190 e. The van der Waals surface area contributed by atoms with Crippen molar-refractivity contribution in [1.82, 2.24) is 4.98 Å². The van der Waals surface area contributed by atoms with Crippen LogP contribution in [0.1, 0.15) is 0 Å². The highest BCUT2D eigenvalue weighted by molar-refractivity contribution is 7.21. The lowest BCUT2D eigenvalue weighted by Crippen LogP contribution is -1.96. The normalized spacial score (nSPS) is 10.8. The summed E-state index contributed by atoms with van der Waals surface area (Å²) in [5, 5.41) is 0.770. The number of fused-ring (bicyclic) bond motifs is 1. The lowest BCUT2D eigenvalue weighted by molar-refractivity contribution is 1.42. The molecule has 3 rings (SSSR count). The molecule has 0 fully saturated rings. The maximum Gasteiger partial charge on any atom is 0.190 e. The summed E-state index contributed by atoms with van der Waals surface area (Å²) in [6.07, 6.45) is 1.69. The second-order valence-electron chi connectivity index (χ2n) is 3.56. The molecule has 0 amide bonds. The Labute approximate surface area is 96.2 Å². The summed E-state index contributed by atoms with van der Waals surface area (Å²) in [6.45, 7) is 0. The predicted molar refractivity (Wildman–Crippen MR) is 67.9 cm³/mol. The predicted octanol–water partition coefficient (Wildman–Crippen LogP) is 3.26. The molecule has 16 heavy (non-hydrogen) atoms. The SMILES string of the molecule is O=c1cc[nH]c2sc(-c3ccccc3)cc12. The molecule has 0 aliphatic heterocycles. The summed E-state index contributed by atoms with van der Waals surface area (Å²) in [7, 11) is 0. The molecule has 0 radical (unpaired) electrons. The highest BCUT2D eigenvalue weighted by atomic mass is 32.1. The van der Waals surface area contributed by atoms with Gasteiger partial charge in [0, 0.05) is 17.1 Å². The van der Waals surface area contributed by atoms with Crippen LogP contribution in [-0.2, 0) is 0 Å². The zero-order valence-electron chi connectivity index (χ0n) is 8.44. The summed E-state index contributed by atoms with van der Waals surface area (Å²) < 4.78 is 0. The average molecular weight is 227 g/mol. The first-order valence-corrected chi connectivity index (χ1v) is 5.83. The van der Waals surface area contributed by atoms with Gasteiger partial charge in [0.05, 0.1) is 5.39 Å². The van der Waals surface area contributed by atoms with E-state index in [9.17, 15) is 4.79 Å². The Kier molecular flexibility index (Phi) is 2.11. The van der Waals surface area contributed by atoms with Crippen molar-refractivity contribution in [2.75, 3.05) is 0 Å². The van der Waals surface area contributed by atoms with Gasteiger partial charge in [-0.05, 0) is 11.6 Å². The second-order valence-corrected chi connectivity index (χ2v) is 4.61. The van der Waals surface area contributed by atoms with Crippen LogP contribution in [0.5, 0.6) is 0 Å². The second kappa shape index (κ2) is 3.61. The molecule has 2 aromatic heterocycles. The fraction of sp³-hybridized carbons (Fsp3) is 0. The van der Waals surface area contributed by atoms with Crippen molar-refractivity contribution in [2.45, 2.75) is 0 Å². The molecular formula is C13H9NOS. The highest BCUT2D eigenvalue weighted by Gasteiger charge is 2.05. The zero-order valence-corrected chi connectivity index (χ0v) is 9.25. The van der Waals surface area contributed by atoms with Crippen molar-refractivity contribution in [3.63, 3.8) is 0 Å². The van der Waals surface area contributed by atoms with Crippen LogP contribution in [0, 0.1) is 0 Å². The summed E-state index contributed by atoms with van der Waals surface area (Å²) in [5.41, 5.74) is 1.23. The van der Waals surface area contributed by atoms with E-state index in [1.165, 1.54) is 0 Å². The van der Waals surface area contributed by atoms with Crippen LogP contribution in [-0.4, -0.2) is 4.98 Å². The fourth-order valence-electron chi connectivity index (χ4n) is 1.71. The van der Waals surface area contributed by atoms with Crippen molar-refractivity contribution < 1.29 is 0 Å². The van der Waals surface area contributed by atoms with Gasteiger partial charge in [0.25, 0.3) is 0 Å². The first-order chi connectivity index (χ1) is 7.84. The van der Waals surface area contributed by atoms with E-state index in [0.717, 1.165) is 20.7 Å². The van der Waals surface area contributed by atoms with Gasteiger partial charge < -0.3 is 4.98 Å². The average Bonchev–Trinajstić information content (AvgIpc) is 2.76. The van der Waals surface area contributed by atoms with E-state index in [1.54, 1.807) is 23.6 Å². The van der Waals surface area contributed by atoms with E-state index < -0.39 is 0 Å². The van der Waals surface area contributed by atoms with Gasteiger partial charge in [-0.2, -0.15) is 0 Å². The number of hydrogen-bond donors (Lipinski definition) is 1. The lowest BCUT2D eigenvalue weighted by atomic mass is 10.2. The maximum atomic E-state index is 11.6. The molecule has 1 N–H and O–H groups in total. The fourth-order valence-corrected chi connectivity index (χ4v) is 2.76. The Morgan fingerprint density at radius 2 is 1.88 bits per heavy atom. The molecule has 0 saturated heterocycles. The van der Waals surface area contributed by atoms with Crippen molar-refractivity contribution >= 4 is 21.6 Å². The third-order valence-corrected chi connectivity index (χ3v) is 3.62. The molecular weight excluding hydrogens is 218 g/mol. The van der Waals surface area contributed by atoms with Crippen LogP contribution < -0.4 is 5.43 Å². The molecule has 2 heterocycles. The minimum absolute atomic E-state index is 0.0761. The van der Waals surface area contributed by atoms with E-state index in [0.29, 0.717) is 0 Å². The zero-order chi connectivity index (χ0) is 11.0. The topological polar surface area (TPSA) is 32.9 Å². The van der Waals surface area contributed by atoms with Gasteiger partial charge in [0.15, 0.2) is 5.43 Å². The molecule has 0 atom stereocenters. The van der Waals surface area contributed by atoms with Gasteiger partial charge >= 0.3 is 0 Å². The molecule has 78 valence electrons. The quantitative estimate of drug-likeness (QED) is 0.680. The summed E-state index contributed by atoms with van der Waals surface area (Å²) in [5.74, 6) is 0. The largest absolute Gasteiger partial charge is 0.353 e. The van der Waals surface area contributed by atoms with Crippen molar-refractivity contribution in [3.8, 4) is 10.4 Å². The van der Waals surface area contributed by atoms with E-state index in [1.807, 2.05) is 24.3 Å². The first kappa shape index (κ1) is 9.36. The van der Waals surface area contributed by atoms with Crippen LogP contribution in [0.3, 0.4) is 0 Å². The number of benzene rings is 1. The molecule has 1 aromatic carbocycles. The van der Waals surface area contributed by atoms with Gasteiger partial charge in [-0.3, -0.25) is 4.79 Å². The number of pyridine rings is 1. The van der Waals surface area contributed by atoms with Crippen LogP contribution in [0.25, 0.3) is 20.7 Å². The Balaban J connectivity index is 2.28. The third-order valence-electron chi connectivity index (χ3n) is 2.50. The molecule has 0 aliphatic rings. The molecule has 0 bridgehead atoms. The van der Waals surface area contributed by atoms with Crippen molar-refractivity contribution in [1.29, 1.82) is 0 Å². The van der Waals surface area contributed by atoms with E-state index in [2.05, 4.69) is 17.1 Å². The molecule has 2 nitrogen and oxygen atoms in total. The number of H-pyrrole nitrogens is 1. The molecule has 3 heteroatoms. The van der Waals surface area contributed by atoms with Gasteiger partial charge in [-0.1, -0.05) is 30.3 Å². The molecule has 0 spiro atoms. The van der Waals surface area contributed by atoms with Crippen molar-refractivity contribution in [3.05, 3.63) is 58.9 Å². The summed E-state index contributed by atoms with van der Waals surface area (Å²) >= 11 is 1.61. The Hall–Kier alpha value is -1.87. The molecule has 0 saturated carbocycles. The minimum atomic E-state index is 0.0761. The van der Waals surface area contributed by atoms with Crippen LogP contribution in [0.15, 0.2) is 53.5 Å². The number of nitrogens with one attached hydrogen (secondary N) is 1. The third kappa shape index (κ3) is 1.46. The number of thiophene rings is 1. The van der Waals surface area contributed by atoms with Gasteiger partial charge in [-0.15, -0.1) is 11.3 Å². The standard InChI is InChI=1S/C13H9NOS/c15-11-6-7-14-13-10(11)8-12(16-13)9-4-2-1-3-5-9/h1-8H,(H,14,15). The van der Waals surface area contributed by atoms with E-state index >= 15 is 0 Å². The van der Waals surface area contributed by atoms with Gasteiger partial charge in [0.1, 0.15) is 4.83 Å². The number of aromatic amines is 1. The monoisotopic (exact) mass is 227 g/mol. The van der Waals surface area contributed by atoms with Crippen LogP contribution >= 0.6 is 11.3 Å². The molecule has 0 aliphatic carbocycles. The number of hydrogen-bond acceptors (Lipinski definition) is 2. The molecule has 0 unspecified atom stereocenters. The first-order valence-electron chi connectivity index (χ1n) is 5.01. The maximum absolute atomic E-state index is 11.6. The van der Waals surface area contributed by atoms with Crippen LogP contribution in [0.2, 0.25) is 0 Å². The highest BCUT2D eigenvalue weighted by Crippen LogP contribution is 2.30. The lowest BCUT2D eigenvalue weighted by Gasteiger charge is -1.93. The minimum Gasteiger partial charge on any atom is -0.353 e. The van der Waals surface area contributed by atoms with Gasteiger partial charge in [0.2, 0.25) is 0 Å². The number of aromatic nitrogens is 1. The van der Waals surface area contributed by atoms with E-state index in [4.69, 9.17) is 0 Å². The summed E-state index contributed by atoms with van der Waals surface area (Å²) in [4.78, 5) is 16.8. The molecule has 3 aromatic rings. The van der Waals surface area contributed by atoms with Gasteiger partial charge in [-0.25, -0.2) is 0 Å². The Morgan fingerprint density at radius 3 is 2.62 bits per heavy atom. The Bertz CT molecular complexity index is 682. The Morgan fingerprint density at radius 1 is 1.06 bits per heavy atom.